The summed E-state index contributed by atoms with van der Waals surface area (Å²) in [7, 11) is 0. The Balaban J connectivity index is 2.67. The number of hydrogen-bond acceptors (Lipinski definition) is 2. The molecule has 1 amide bonds. The van der Waals surface area contributed by atoms with Crippen LogP contribution in [0, 0.1) is 0 Å². The maximum atomic E-state index is 11.3. The molecule has 0 heterocycles. The lowest BCUT2D eigenvalue weighted by Crippen LogP contribution is -2.21. The molecular formula is C12H15NO2. The zero-order valence-corrected chi connectivity index (χ0v) is 8.99. The molecular weight excluding hydrogens is 190 g/mol. The normalized spacial score (nSPS) is 10.3. The molecule has 15 heavy (non-hydrogen) atoms. The second kappa shape index (κ2) is 5.86. The van der Waals surface area contributed by atoms with E-state index < -0.39 is 6.09 Å². The molecule has 0 saturated carbocycles. The fourth-order valence-electron chi connectivity index (χ4n) is 1.18. The summed E-state index contributed by atoms with van der Waals surface area (Å²) in [5.74, 6) is 0.613. The lowest BCUT2D eigenvalue weighted by Gasteiger charge is -2.07. The molecule has 3 heteroatoms. The van der Waals surface area contributed by atoms with Crippen molar-refractivity contribution >= 4 is 6.09 Å². The van der Waals surface area contributed by atoms with Gasteiger partial charge in [-0.25, -0.2) is 4.79 Å². The highest BCUT2D eigenvalue weighted by molar-refractivity contribution is 5.71. The van der Waals surface area contributed by atoms with Crippen molar-refractivity contribution in [3.8, 4) is 5.75 Å². The van der Waals surface area contributed by atoms with E-state index in [1.165, 1.54) is 6.20 Å². The number of amides is 1. The van der Waals surface area contributed by atoms with Crippen molar-refractivity contribution in [1.29, 1.82) is 0 Å². The second-order valence-corrected chi connectivity index (χ2v) is 3.00. The molecule has 0 spiro atoms. The minimum Gasteiger partial charge on any atom is -0.410 e. The van der Waals surface area contributed by atoms with Gasteiger partial charge in [0.05, 0.1) is 0 Å². The topological polar surface area (TPSA) is 38.3 Å². The van der Waals surface area contributed by atoms with Crippen LogP contribution in [0.4, 0.5) is 4.79 Å². The number of nitrogens with one attached hydrogen (secondary N) is 1. The molecule has 0 bridgehead atoms. The Hall–Kier alpha value is -1.77. The molecule has 1 rings (SSSR count). The number of aryl methyl sites for hydroxylation is 1. The van der Waals surface area contributed by atoms with Crippen LogP contribution in [-0.4, -0.2) is 6.09 Å². The summed E-state index contributed by atoms with van der Waals surface area (Å²) >= 11 is 0. The van der Waals surface area contributed by atoms with Crippen LogP contribution >= 0.6 is 0 Å². The van der Waals surface area contributed by atoms with E-state index in [-0.39, 0.29) is 0 Å². The Kier molecular flexibility index (Phi) is 4.41. The predicted octanol–water partition coefficient (Wildman–Crippen LogP) is 2.87. The fraction of sp³-hybridized carbons (Fsp3) is 0.250. The molecule has 0 aliphatic carbocycles. The Morgan fingerprint density at radius 2 is 2.20 bits per heavy atom. The summed E-state index contributed by atoms with van der Waals surface area (Å²) in [5.41, 5.74) is 1.02. The summed E-state index contributed by atoms with van der Waals surface area (Å²) in [6.07, 6.45) is 3.64. The number of carbonyl (C=O) groups excluding carboxylic acids is 1. The van der Waals surface area contributed by atoms with E-state index in [0.29, 0.717) is 5.75 Å². The summed E-state index contributed by atoms with van der Waals surface area (Å²) in [6, 6.07) is 7.50. The van der Waals surface area contributed by atoms with E-state index in [0.717, 1.165) is 12.0 Å². The molecule has 1 aromatic rings. The average molecular weight is 205 g/mol. The molecule has 0 aromatic heterocycles. The van der Waals surface area contributed by atoms with Gasteiger partial charge in [-0.1, -0.05) is 31.2 Å². The van der Waals surface area contributed by atoms with Crippen LogP contribution in [0.1, 0.15) is 19.4 Å². The van der Waals surface area contributed by atoms with Crippen molar-refractivity contribution in [1.82, 2.24) is 5.32 Å². The third-order valence-corrected chi connectivity index (χ3v) is 1.92. The summed E-state index contributed by atoms with van der Waals surface area (Å²) in [4.78, 5) is 11.3. The van der Waals surface area contributed by atoms with Gasteiger partial charge in [0.15, 0.2) is 0 Å². The number of ether oxygens (including phenoxy) is 1. The summed E-state index contributed by atoms with van der Waals surface area (Å²) in [6.45, 7) is 3.84. The van der Waals surface area contributed by atoms with E-state index in [4.69, 9.17) is 4.74 Å². The van der Waals surface area contributed by atoms with E-state index >= 15 is 0 Å². The van der Waals surface area contributed by atoms with Crippen LogP contribution in [0.2, 0.25) is 0 Å². The summed E-state index contributed by atoms with van der Waals surface area (Å²) < 4.78 is 5.14. The molecule has 0 aliphatic rings. The fourth-order valence-corrected chi connectivity index (χ4v) is 1.18. The zero-order chi connectivity index (χ0) is 11.1. The number of carbonyl (C=O) groups is 1. The van der Waals surface area contributed by atoms with Gasteiger partial charge in [-0.15, -0.1) is 0 Å². The maximum absolute atomic E-state index is 11.3. The Morgan fingerprint density at radius 3 is 2.87 bits per heavy atom. The lowest BCUT2D eigenvalue weighted by molar-refractivity contribution is 0.204. The maximum Gasteiger partial charge on any atom is 0.416 e. The monoisotopic (exact) mass is 205 g/mol. The van der Waals surface area contributed by atoms with E-state index in [1.807, 2.05) is 32.0 Å². The third-order valence-electron chi connectivity index (χ3n) is 1.92. The first-order chi connectivity index (χ1) is 7.27. The quantitative estimate of drug-likeness (QED) is 0.824. The Morgan fingerprint density at radius 1 is 1.47 bits per heavy atom. The number of rotatable bonds is 3. The van der Waals surface area contributed by atoms with Crippen molar-refractivity contribution in [2.45, 2.75) is 20.3 Å². The number of benzene rings is 1. The van der Waals surface area contributed by atoms with Gasteiger partial charge in [0, 0.05) is 6.20 Å². The minimum absolute atomic E-state index is 0.464. The van der Waals surface area contributed by atoms with Gasteiger partial charge in [-0.3, -0.25) is 5.32 Å². The molecule has 80 valence electrons. The van der Waals surface area contributed by atoms with Crippen molar-refractivity contribution in [2.24, 2.45) is 0 Å². The van der Waals surface area contributed by atoms with Crippen molar-refractivity contribution in [3.05, 3.63) is 42.1 Å². The zero-order valence-electron chi connectivity index (χ0n) is 8.99. The van der Waals surface area contributed by atoms with Gasteiger partial charge >= 0.3 is 6.09 Å². The van der Waals surface area contributed by atoms with E-state index in [1.54, 1.807) is 12.1 Å². The molecule has 3 nitrogen and oxygen atoms in total. The van der Waals surface area contributed by atoms with Crippen molar-refractivity contribution < 1.29 is 9.53 Å². The van der Waals surface area contributed by atoms with Gasteiger partial charge < -0.3 is 4.74 Å². The molecule has 0 unspecified atom stereocenters. The van der Waals surface area contributed by atoms with Crippen molar-refractivity contribution in [3.63, 3.8) is 0 Å². The van der Waals surface area contributed by atoms with Crippen LogP contribution in [0.5, 0.6) is 5.75 Å². The molecule has 0 atom stereocenters. The first kappa shape index (κ1) is 11.3. The van der Waals surface area contributed by atoms with Gasteiger partial charge in [-0.2, -0.15) is 0 Å². The standard InChI is InChI=1S/C12H15NO2/c1-3-9-13-12(14)15-11-8-6-5-7-10(11)4-2/h3,5-9H,4H2,1-2H3,(H,13,14). The number of allylic oxidation sites excluding steroid dienone is 1. The number of para-hydroxylation sites is 1. The van der Waals surface area contributed by atoms with Crippen LogP contribution in [0.15, 0.2) is 36.5 Å². The molecule has 1 N–H and O–H groups in total. The smallest absolute Gasteiger partial charge is 0.410 e. The van der Waals surface area contributed by atoms with Crippen LogP contribution in [0.25, 0.3) is 0 Å². The van der Waals surface area contributed by atoms with Gasteiger partial charge in [0.25, 0.3) is 0 Å². The number of hydrogen-bond donors (Lipinski definition) is 1. The van der Waals surface area contributed by atoms with Crippen molar-refractivity contribution in [2.75, 3.05) is 0 Å². The SMILES string of the molecule is CC=CNC(=O)Oc1ccccc1CC. The highest BCUT2D eigenvalue weighted by Crippen LogP contribution is 2.18. The first-order valence-electron chi connectivity index (χ1n) is 4.95. The van der Waals surface area contributed by atoms with E-state index in [9.17, 15) is 4.79 Å². The average Bonchev–Trinajstić information content (AvgIpc) is 2.27. The molecule has 0 aliphatic heterocycles. The molecule has 0 radical (unpaired) electrons. The largest absolute Gasteiger partial charge is 0.416 e. The Labute approximate surface area is 89.8 Å². The first-order valence-corrected chi connectivity index (χ1v) is 4.95. The highest BCUT2D eigenvalue weighted by Gasteiger charge is 2.05. The molecule has 1 aromatic carbocycles. The van der Waals surface area contributed by atoms with Crippen LogP contribution in [0.3, 0.4) is 0 Å². The molecule has 0 saturated heterocycles. The summed E-state index contributed by atoms with van der Waals surface area (Å²) in [5, 5.41) is 2.49. The van der Waals surface area contributed by atoms with Crippen LogP contribution in [-0.2, 0) is 6.42 Å². The van der Waals surface area contributed by atoms with E-state index in [2.05, 4.69) is 5.32 Å². The predicted molar refractivity (Wildman–Crippen MR) is 59.8 cm³/mol. The van der Waals surface area contributed by atoms with Gasteiger partial charge in [-0.05, 0) is 25.0 Å². The van der Waals surface area contributed by atoms with Crippen LogP contribution < -0.4 is 10.1 Å². The van der Waals surface area contributed by atoms with Gasteiger partial charge in [0.1, 0.15) is 5.75 Å². The van der Waals surface area contributed by atoms with Gasteiger partial charge in [0.2, 0.25) is 0 Å². The lowest BCUT2D eigenvalue weighted by atomic mass is 10.1. The highest BCUT2D eigenvalue weighted by atomic mass is 16.6. The minimum atomic E-state index is -0.464. The third kappa shape index (κ3) is 3.46. The Bertz CT molecular complexity index is 358. The second-order valence-electron chi connectivity index (χ2n) is 3.00. The molecule has 0 fully saturated rings.